The first kappa shape index (κ1) is 12.7. The molecule has 2 heterocycles. The minimum Gasteiger partial charge on any atom is -0.455 e. The number of carbonyl (C=O) groups excluding carboxylic acids is 1. The van der Waals surface area contributed by atoms with Crippen LogP contribution in [0.5, 0.6) is 0 Å². The third-order valence-corrected chi connectivity index (χ3v) is 4.29. The zero-order valence-electron chi connectivity index (χ0n) is 10.7. The van der Waals surface area contributed by atoms with E-state index in [4.69, 9.17) is 10.3 Å². The standard InChI is InChI=1S/C13H19N3O3/c14-15-13(18)12-4-2-9(19-12)6-16-5-8-1-3-11(17)10(8)7-16/h2,4,8,10-11,17H,1,3,5-7,14H2,(H,15,18). The Labute approximate surface area is 111 Å². The zero-order chi connectivity index (χ0) is 13.4. The number of nitrogens with zero attached hydrogens (tertiary/aromatic N) is 1. The van der Waals surface area contributed by atoms with E-state index < -0.39 is 5.91 Å². The van der Waals surface area contributed by atoms with Crippen molar-refractivity contribution in [2.24, 2.45) is 17.7 Å². The molecule has 104 valence electrons. The molecule has 6 nitrogen and oxygen atoms in total. The van der Waals surface area contributed by atoms with Gasteiger partial charge in [0.05, 0.1) is 12.6 Å². The van der Waals surface area contributed by atoms with Gasteiger partial charge in [-0.2, -0.15) is 0 Å². The molecule has 0 bridgehead atoms. The van der Waals surface area contributed by atoms with Gasteiger partial charge in [0.25, 0.3) is 0 Å². The largest absolute Gasteiger partial charge is 0.455 e. The number of fused-ring (bicyclic) bond motifs is 1. The van der Waals surface area contributed by atoms with E-state index in [1.807, 2.05) is 5.43 Å². The Balaban J connectivity index is 1.61. The highest BCUT2D eigenvalue weighted by molar-refractivity contribution is 5.90. The molecule has 0 aromatic carbocycles. The minimum atomic E-state index is -0.417. The fourth-order valence-electron chi connectivity index (χ4n) is 3.33. The van der Waals surface area contributed by atoms with Gasteiger partial charge in [0, 0.05) is 19.0 Å². The lowest BCUT2D eigenvalue weighted by molar-refractivity contribution is 0.0922. The van der Waals surface area contributed by atoms with Crippen molar-refractivity contribution in [3.8, 4) is 0 Å². The number of carbonyl (C=O) groups is 1. The second-order valence-electron chi connectivity index (χ2n) is 5.50. The Morgan fingerprint density at radius 2 is 2.32 bits per heavy atom. The predicted octanol–water partition coefficient (Wildman–Crippen LogP) is 0.0858. The molecule has 19 heavy (non-hydrogen) atoms. The van der Waals surface area contributed by atoms with E-state index in [2.05, 4.69) is 4.90 Å². The van der Waals surface area contributed by atoms with Gasteiger partial charge in [0.15, 0.2) is 5.76 Å². The highest BCUT2D eigenvalue weighted by atomic mass is 16.4. The van der Waals surface area contributed by atoms with Crippen molar-refractivity contribution in [2.75, 3.05) is 13.1 Å². The third-order valence-electron chi connectivity index (χ3n) is 4.29. The minimum absolute atomic E-state index is 0.148. The van der Waals surface area contributed by atoms with Crippen molar-refractivity contribution in [2.45, 2.75) is 25.5 Å². The van der Waals surface area contributed by atoms with E-state index >= 15 is 0 Å². The van der Waals surface area contributed by atoms with Crippen LogP contribution in [0.3, 0.4) is 0 Å². The van der Waals surface area contributed by atoms with Gasteiger partial charge in [0.1, 0.15) is 5.76 Å². The van der Waals surface area contributed by atoms with Crippen LogP contribution in [0, 0.1) is 11.8 Å². The van der Waals surface area contributed by atoms with Crippen LogP contribution in [-0.4, -0.2) is 35.1 Å². The molecule has 2 aliphatic rings. The maximum Gasteiger partial charge on any atom is 0.300 e. The van der Waals surface area contributed by atoms with Gasteiger partial charge in [0.2, 0.25) is 0 Å². The Morgan fingerprint density at radius 3 is 3.05 bits per heavy atom. The van der Waals surface area contributed by atoms with Crippen LogP contribution in [0.1, 0.15) is 29.2 Å². The molecule has 1 saturated carbocycles. The topological polar surface area (TPSA) is 91.7 Å². The Kier molecular flexibility index (Phi) is 3.30. The zero-order valence-corrected chi connectivity index (χ0v) is 10.7. The van der Waals surface area contributed by atoms with E-state index in [1.165, 1.54) is 0 Å². The summed E-state index contributed by atoms with van der Waals surface area (Å²) in [6.07, 6.45) is 1.90. The smallest absolute Gasteiger partial charge is 0.300 e. The van der Waals surface area contributed by atoms with Crippen molar-refractivity contribution < 1.29 is 14.3 Å². The SMILES string of the molecule is NNC(=O)c1ccc(CN2CC3CCC(O)C3C2)o1. The number of nitrogen functional groups attached to an aromatic ring is 1. The summed E-state index contributed by atoms with van der Waals surface area (Å²) < 4.78 is 5.45. The van der Waals surface area contributed by atoms with Gasteiger partial charge in [-0.05, 0) is 30.9 Å². The van der Waals surface area contributed by atoms with Crippen molar-refractivity contribution in [1.29, 1.82) is 0 Å². The molecule has 1 saturated heterocycles. The van der Waals surface area contributed by atoms with Gasteiger partial charge in [-0.3, -0.25) is 15.1 Å². The molecule has 1 aromatic rings. The number of aliphatic hydroxyl groups is 1. The van der Waals surface area contributed by atoms with E-state index in [0.717, 1.165) is 31.7 Å². The van der Waals surface area contributed by atoms with Gasteiger partial charge >= 0.3 is 5.91 Å². The fourth-order valence-corrected chi connectivity index (χ4v) is 3.33. The first-order valence-corrected chi connectivity index (χ1v) is 6.67. The van der Waals surface area contributed by atoms with Crippen LogP contribution in [0.25, 0.3) is 0 Å². The number of rotatable bonds is 3. The van der Waals surface area contributed by atoms with E-state index in [1.54, 1.807) is 12.1 Å². The first-order valence-electron chi connectivity index (χ1n) is 6.67. The molecule has 3 atom stereocenters. The van der Waals surface area contributed by atoms with Crippen molar-refractivity contribution >= 4 is 5.91 Å². The van der Waals surface area contributed by atoms with Gasteiger partial charge in [-0.1, -0.05) is 0 Å². The molecule has 1 aliphatic carbocycles. The molecule has 3 rings (SSSR count). The van der Waals surface area contributed by atoms with Gasteiger partial charge in [-0.25, -0.2) is 5.84 Å². The second kappa shape index (κ2) is 4.96. The van der Waals surface area contributed by atoms with Crippen molar-refractivity contribution in [3.05, 3.63) is 23.7 Å². The quantitative estimate of drug-likeness (QED) is 0.409. The summed E-state index contributed by atoms with van der Waals surface area (Å²) in [5, 5.41) is 9.88. The van der Waals surface area contributed by atoms with Gasteiger partial charge < -0.3 is 9.52 Å². The highest BCUT2D eigenvalue weighted by Crippen LogP contribution is 2.38. The van der Waals surface area contributed by atoms with Crippen molar-refractivity contribution in [3.63, 3.8) is 0 Å². The molecule has 0 spiro atoms. The monoisotopic (exact) mass is 265 g/mol. The molecule has 0 radical (unpaired) electrons. The summed E-state index contributed by atoms with van der Waals surface area (Å²) in [6.45, 7) is 2.59. The number of hydrogen-bond donors (Lipinski definition) is 3. The van der Waals surface area contributed by atoms with E-state index in [-0.39, 0.29) is 11.9 Å². The second-order valence-corrected chi connectivity index (χ2v) is 5.50. The molecular weight excluding hydrogens is 246 g/mol. The summed E-state index contributed by atoms with van der Waals surface area (Å²) in [5.74, 6) is 6.64. The van der Waals surface area contributed by atoms with Crippen molar-refractivity contribution in [1.82, 2.24) is 10.3 Å². The maximum absolute atomic E-state index is 11.3. The molecule has 2 fully saturated rings. The van der Waals surface area contributed by atoms with Crippen LogP contribution in [0.2, 0.25) is 0 Å². The van der Waals surface area contributed by atoms with Crippen LogP contribution >= 0.6 is 0 Å². The normalized spacial score (nSPS) is 30.5. The van der Waals surface area contributed by atoms with Crippen LogP contribution < -0.4 is 11.3 Å². The third kappa shape index (κ3) is 2.39. The number of hydrogen-bond acceptors (Lipinski definition) is 5. The molecule has 1 aliphatic heterocycles. The summed E-state index contributed by atoms with van der Waals surface area (Å²) in [5.41, 5.74) is 2.05. The summed E-state index contributed by atoms with van der Waals surface area (Å²) in [6, 6.07) is 3.43. The van der Waals surface area contributed by atoms with E-state index in [0.29, 0.717) is 18.4 Å². The molecular formula is C13H19N3O3. The Hall–Kier alpha value is -1.37. The summed E-state index contributed by atoms with van der Waals surface area (Å²) in [4.78, 5) is 13.6. The van der Waals surface area contributed by atoms with Crippen LogP contribution in [0.4, 0.5) is 0 Å². The van der Waals surface area contributed by atoms with Crippen LogP contribution in [0.15, 0.2) is 16.5 Å². The molecule has 1 amide bonds. The number of amides is 1. The number of hydrazine groups is 1. The Morgan fingerprint density at radius 1 is 1.47 bits per heavy atom. The highest BCUT2D eigenvalue weighted by Gasteiger charge is 2.41. The van der Waals surface area contributed by atoms with E-state index in [9.17, 15) is 9.90 Å². The summed E-state index contributed by atoms with van der Waals surface area (Å²) in [7, 11) is 0. The number of likely N-dealkylation sites (tertiary alicyclic amines) is 1. The maximum atomic E-state index is 11.3. The number of nitrogens with one attached hydrogen (secondary N) is 1. The molecule has 1 aromatic heterocycles. The Bertz CT molecular complexity index is 473. The molecule has 4 N–H and O–H groups in total. The fraction of sp³-hybridized carbons (Fsp3) is 0.615. The van der Waals surface area contributed by atoms with Crippen LogP contribution in [-0.2, 0) is 6.54 Å². The molecule has 3 unspecified atom stereocenters. The lowest BCUT2D eigenvalue weighted by Gasteiger charge is -2.16. The number of aliphatic hydroxyl groups excluding tert-OH is 1. The average molecular weight is 265 g/mol. The molecule has 6 heteroatoms. The average Bonchev–Trinajstić information content (AvgIpc) is 3.08. The summed E-state index contributed by atoms with van der Waals surface area (Å²) >= 11 is 0. The predicted molar refractivity (Wildman–Crippen MR) is 67.9 cm³/mol. The number of furan rings is 1. The number of nitrogens with two attached hydrogens (primary N) is 1. The van der Waals surface area contributed by atoms with Gasteiger partial charge in [-0.15, -0.1) is 0 Å². The lowest BCUT2D eigenvalue weighted by Crippen LogP contribution is -2.29. The lowest BCUT2D eigenvalue weighted by atomic mass is 10.00. The first-order chi connectivity index (χ1) is 9.17.